The standard InChI is InChI=1S/C46H38N4/c1-33(37-17-9-5-10-18-37)47-45(43-23-15-8-16-24-43)50-36(4)40-25-27-41(28-26-40)42-29-31-44(32-30-42)46(48-34(2)38-19-11-6-12-20-38)49-35(3)39-21-13-7-14-22-39/h5-32H,1-2H2,3-4H3. The molecule has 0 aliphatic heterocycles. The Balaban J connectivity index is 1.26. The van der Waals surface area contributed by atoms with E-state index in [1.807, 2.05) is 123 Å². The minimum Gasteiger partial charge on any atom is -0.233 e. The lowest BCUT2D eigenvalue weighted by Crippen LogP contribution is -2.04. The molecule has 0 atom stereocenters. The third kappa shape index (κ3) is 8.49. The van der Waals surface area contributed by atoms with Gasteiger partial charge in [0.1, 0.15) is 0 Å². The maximum atomic E-state index is 4.98. The van der Waals surface area contributed by atoms with Crippen LogP contribution in [0.4, 0.5) is 0 Å². The number of amidine groups is 2. The van der Waals surface area contributed by atoms with Crippen molar-refractivity contribution in [3.05, 3.63) is 216 Å². The lowest BCUT2D eigenvalue weighted by molar-refractivity contribution is 1.43. The van der Waals surface area contributed by atoms with Crippen molar-refractivity contribution in [1.29, 1.82) is 0 Å². The minimum absolute atomic E-state index is 0.611. The summed E-state index contributed by atoms with van der Waals surface area (Å²) in [6, 6.07) is 56.9. The van der Waals surface area contributed by atoms with E-state index in [0.717, 1.165) is 55.9 Å². The quantitative estimate of drug-likeness (QED) is 0.111. The van der Waals surface area contributed by atoms with E-state index in [1.165, 1.54) is 0 Å². The van der Waals surface area contributed by atoms with Gasteiger partial charge in [-0.05, 0) is 47.2 Å². The molecule has 50 heavy (non-hydrogen) atoms. The molecule has 0 radical (unpaired) electrons. The molecule has 0 heterocycles. The summed E-state index contributed by atoms with van der Waals surface area (Å²) < 4.78 is 0. The van der Waals surface area contributed by atoms with Crippen molar-refractivity contribution < 1.29 is 0 Å². The molecule has 0 unspecified atom stereocenters. The number of rotatable bonds is 9. The molecule has 0 aliphatic carbocycles. The van der Waals surface area contributed by atoms with E-state index >= 15 is 0 Å². The molecule has 0 amide bonds. The minimum atomic E-state index is 0.611. The number of hydrogen-bond donors (Lipinski definition) is 0. The van der Waals surface area contributed by atoms with E-state index in [2.05, 4.69) is 73.8 Å². The first kappa shape index (κ1) is 33.4. The summed E-state index contributed by atoms with van der Waals surface area (Å²) in [5.74, 6) is 1.23. The molecule has 6 rings (SSSR count). The summed E-state index contributed by atoms with van der Waals surface area (Å²) in [4.78, 5) is 19.7. The molecule has 0 aliphatic rings. The van der Waals surface area contributed by atoms with Crippen molar-refractivity contribution in [3.8, 4) is 11.1 Å². The van der Waals surface area contributed by atoms with Gasteiger partial charge in [-0.2, -0.15) is 0 Å². The van der Waals surface area contributed by atoms with Gasteiger partial charge in [-0.15, -0.1) is 0 Å². The summed E-state index contributed by atoms with van der Waals surface area (Å²) in [5.41, 5.74) is 11.1. The van der Waals surface area contributed by atoms with Crippen molar-refractivity contribution in [2.75, 3.05) is 0 Å². The van der Waals surface area contributed by atoms with E-state index in [9.17, 15) is 0 Å². The molecule has 242 valence electrons. The zero-order valence-electron chi connectivity index (χ0n) is 28.4. The summed E-state index contributed by atoms with van der Waals surface area (Å²) in [7, 11) is 0. The summed E-state index contributed by atoms with van der Waals surface area (Å²) in [5, 5.41) is 0. The smallest absolute Gasteiger partial charge is 0.160 e. The fourth-order valence-electron chi connectivity index (χ4n) is 5.38. The number of benzene rings is 6. The highest BCUT2D eigenvalue weighted by Gasteiger charge is 2.10. The zero-order valence-corrected chi connectivity index (χ0v) is 28.4. The average molecular weight is 647 g/mol. The molecule has 4 nitrogen and oxygen atoms in total. The van der Waals surface area contributed by atoms with Crippen LogP contribution < -0.4 is 0 Å². The second-order valence-corrected chi connectivity index (χ2v) is 11.8. The van der Waals surface area contributed by atoms with Crippen LogP contribution in [0.1, 0.15) is 47.2 Å². The van der Waals surface area contributed by atoms with Gasteiger partial charge in [0.15, 0.2) is 11.7 Å². The van der Waals surface area contributed by atoms with Crippen LogP contribution in [-0.2, 0) is 0 Å². The molecule has 0 saturated carbocycles. The van der Waals surface area contributed by atoms with Crippen molar-refractivity contribution in [1.82, 2.24) is 0 Å². The molecule has 6 aromatic rings. The van der Waals surface area contributed by atoms with Gasteiger partial charge in [0.05, 0.1) is 11.4 Å². The topological polar surface area (TPSA) is 49.4 Å². The van der Waals surface area contributed by atoms with Crippen LogP contribution in [-0.4, -0.2) is 23.1 Å². The van der Waals surface area contributed by atoms with Gasteiger partial charge in [-0.25, -0.2) is 20.0 Å². The molecule has 0 spiro atoms. The van der Waals surface area contributed by atoms with Crippen LogP contribution in [0.5, 0.6) is 0 Å². The summed E-state index contributed by atoms with van der Waals surface area (Å²) in [6.45, 7) is 12.5. The highest BCUT2D eigenvalue weighted by molar-refractivity contribution is 6.13. The van der Waals surface area contributed by atoms with Gasteiger partial charge in [-0.1, -0.05) is 183 Å². The van der Waals surface area contributed by atoms with Gasteiger partial charge >= 0.3 is 0 Å². The maximum Gasteiger partial charge on any atom is 0.160 e. The Morgan fingerprint density at radius 3 is 0.980 bits per heavy atom. The van der Waals surface area contributed by atoms with Crippen molar-refractivity contribution in [2.45, 2.75) is 13.8 Å². The van der Waals surface area contributed by atoms with E-state index in [4.69, 9.17) is 20.0 Å². The molecule has 0 saturated heterocycles. The largest absolute Gasteiger partial charge is 0.233 e. The molecule has 4 heteroatoms. The normalized spacial score (nSPS) is 12.4. The van der Waals surface area contributed by atoms with Gasteiger partial charge < -0.3 is 0 Å². The Morgan fingerprint density at radius 2 is 0.600 bits per heavy atom. The van der Waals surface area contributed by atoms with E-state index in [-0.39, 0.29) is 0 Å². The number of hydrogen-bond acceptors (Lipinski definition) is 2. The van der Waals surface area contributed by atoms with E-state index in [0.29, 0.717) is 23.1 Å². The summed E-state index contributed by atoms with van der Waals surface area (Å²) in [6.07, 6.45) is 0. The Kier molecular flexibility index (Phi) is 10.7. The van der Waals surface area contributed by atoms with Crippen LogP contribution in [0.15, 0.2) is 203 Å². The average Bonchev–Trinajstić information content (AvgIpc) is 3.18. The Hall–Kier alpha value is -6.52. The third-order valence-corrected chi connectivity index (χ3v) is 8.25. The first-order valence-corrected chi connectivity index (χ1v) is 16.5. The lowest BCUT2D eigenvalue weighted by atomic mass is 10.0. The molecule has 0 N–H and O–H groups in total. The first-order valence-electron chi connectivity index (χ1n) is 16.5. The molecular weight excluding hydrogens is 609 g/mol. The van der Waals surface area contributed by atoms with Gasteiger partial charge in [0, 0.05) is 22.6 Å². The Bertz CT molecular complexity index is 2190. The van der Waals surface area contributed by atoms with Gasteiger partial charge in [0.25, 0.3) is 0 Å². The van der Waals surface area contributed by atoms with E-state index in [1.54, 1.807) is 0 Å². The molecular formula is C46H38N4. The highest BCUT2D eigenvalue weighted by Crippen LogP contribution is 2.23. The van der Waals surface area contributed by atoms with Gasteiger partial charge in [0.2, 0.25) is 0 Å². The predicted octanol–water partition coefficient (Wildman–Crippen LogP) is 11.2. The maximum absolute atomic E-state index is 4.98. The number of nitrogens with zero attached hydrogens (tertiary/aromatic N) is 4. The monoisotopic (exact) mass is 646 g/mol. The second-order valence-electron chi connectivity index (χ2n) is 11.8. The van der Waals surface area contributed by atoms with Crippen molar-refractivity contribution in [3.63, 3.8) is 0 Å². The van der Waals surface area contributed by atoms with Crippen molar-refractivity contribution in [2.24, 2.45) is 20.0 Å². The Labute approximate surface area is 295 Å². The van der Waals surface area contributed by atoms with Crippen LogP contribution >= 0.6 is 0 Å². The third-order valence-electron chi connectivity index (χ3n) is 8.25. The highest BCUT2D eigenvalue weighted by atomic mass is 14.9. The molecule has 0 aromatic heterocycles. The second kappa shape index (κ2) is 16.1. The summed E-state index contributed by atoms with van der Waals surface area (Å²) >= 11 is 0. The molecule has 0 fully saturated rings. The van der Waals surface area contributed by atoms with E-state index < -0.39 is 0 Å². The lowest BCUT2D eigenvalue weighted by Gasteiger charge is -2.09. The van der Waals surface area contributed by atoms with Gasteiger partial charge in [-0.3, -0.25) is 0 Å². The fraction of sp³-hybridized carbons (Fsp3) is 0.0435. The predicted molar refractivity (Wildman–Crippen MR) is 213 cm³/mol. The Morgan fingerprint density at radius 1 is 0.320 bits per heavy atom. The fourth-order valence-corrected chi connectivity index (χ4v) is 5.38. The zero-order chi connectivity index (χ0) is 34.7. The van der Waals surface area contributed by atoms with Crippen LogP contribution in [0.3, 0.4) is 0 Å². The van der Waals surface area contributed by atoms with Crippen LogP contribution in [0.2, 0.25) is 0 Å². The molecule has 6 aromatic carbocycles. The SMILES string of the molecule is C=C(N=C(N=C(C)c1ccc(-c2ccc(C(N=C(C)c3ccccc3)=NC(=C)c3ccccc3)cc2)cc1)c1ccccc1)c1ccccc1. The molecule has 0 bridgehead atoms. The van der Waals surface area contributed by atoms with Crippen LogP contribution in [0.25, 0.3) is 22.5 Å². The van der Waals surface area contributed by atoms with Crippen molar-refractivity contribution >= 4 is 34.5 Å². The van der Waals surface area contributed by atoms with Crippen LogP contribution in [0, 0.1) is 0 Å². The number of aliphatic imine (C=N–C) groups is 4. The first-order chi connectivity index (χ1) is 24.4.